The minimum atomic E-state index is -4.35. The summed E-state index contributed by atoms with van der Waals surface area (Å²) in [5.74, 6) is -2.29. The van der Waals surface area contributed by atoms with Gasteiger partial charge in [0, 0.05) is 18.0 Å². The molecule has 90 valence electrons. The summed E-state index contributed by atoms with van der Waals surface area (Å²) in [5, 5.41) is 0. The van der Waals surface area contributed by atoms with Crippen LogP contribution in [0.5, 0.6) is 0 Å². The first-order valence-electron chi connectivity index (χ1n) is 4.57. The number of nitrogens with two attached hydrogens (primary N) is 1. The second kappa shape index (κ2) is 4.78. The van der Waals surface area contributed by atoms with Crippen molar-refractivity contribution in [2.45, 2.75) is 25.1 Å². The van der Waals surface area contributed by atoms with Crippen molar-refractivity contribution in [2.24, 2.45) is 5.73 Å². The van der Waals surface area contributed by atoms with Gasteiger partial charge in [0.05, 0.1) is 0 Å². The fraction of sp³-hybridized carbons (Fsp3) is 0.400. The molecule has 0 unspecified atom stereocenters. The lowest BCUT2D eigenvalue weighted by molar-refractivity contribution is -0.136. The van der Waals surface area contributed by atoms with Crippen LogP contribution in [0.4, 0.5) is 22.0 Å². The van der Waals surface area contributed by atoms with Crippen molar-refractivity contribution in [2.75, 3.05) is 0 Å². The van der Waals surface area contributed by atoms with E-state index in [1.165, 1.54) is 12.1 Å². The van der Waals surface area contributed by atoms with Gasteiger partial charge >= 0.3 is 6.18 Å². The molecular formula is C10H10F5N. The lowest BCUT2D eigenvalue weighted by Gasteiger charge is -2.14. The molecule has 0 amide bonds. The van der Waals surface area contributed by atoms with Crippen LogP contribution in [-0.2, 0) is 0 Å². The Morgan fingerprint density at radius 3 is 2.38 bits per heavy atom. The van der Waals surface area contributed by atoms with Crippen LogP contribution in [0, 0.1) is 11.6 Å². The molecule has 0 aliphatic heterocycles. The van der Waals surface area contributed by atoms with Crippen LogP contribution >= 0.6 is 0 Å². The third-order valence-electron chi connectivity index (χ3n) is 2.12. The van der Waals surface area contributed by atoms with Crippen LogP contribution in [0.1, 0.15) is 24.4 Å². The third kappa shape index (κ3) is 3.44. The number of halogens is 5. The fourth-order valence-corrected chi connectivity index (χ4v) is 1.28. The van der Waals surface area contributed by atoms with Gasteiger partial charge in [-0.2, -0.15) is 13.2 Å². The second-order valence-corrected chi connectivity index (χ2v) is 3.40. The van der Waals surface area contributed by atoms with Crippen molar-refractivity contribution in [3.8, 4) is 0 Å². The summed E-state index contributed by atoms with van der Waals surface area (Å²) in [7, 11) is 0. The zero-order valence-electron chi connectivity index (χ0n) is 8.19. The summed E-state index contributed by atoms with van der Waals surface area (Å²) in [4.78, 5) is 0. The molecular weight excluding hydrogens is 229 g/mol. The summed E-state index contributed by atoms with van der Waals surface area (Å²) in [5.41, 5.74) is 5.13. The summed E-state index contributed by atoms with van der Waals surface area (Å²) >= 11 is 0. The number of alkyl halides is 3. The highest BCUT2D eigenvalue weighted by atomic mass is 19.4. The fourth-order valence-electron chi connectivity index (χ4n) is 1.28. The van der Waals surface area contributed by atoms with Crippen molar-refractivity contribution in [3.63, 3.8) is 0 Å². The van der Waals surface area contributed by atoms with E-state index in [2.05, 4.69) is 0 Å². The number of benzene rings is 1. The van der Waals surface area contributed by atoms with Gasteiger partial charge in [0.15, 0.2) is 11.6 Å². The van der Waals surface area contributed by atoms with Crippen LogP contribution in [-0.4, -0.2) is 6.18 Å². The topological polar surface area (TPSA) is 26.0 Å². The van der Waals surface area contributed by atoms with Crippen LogP contribution in [0.3, 0.4) is 0 Å². The summed E-state index contributed by atoms with van der Waals surface area (Å²) in [6.07, 6.45) is -5.94. The molecule has 0 spiro atoms. The van der Waals surface area contributed by atoms with E-state index in [0.717, 1.165) is 6.07 Å². The molecule has 0 bridgehead atoms. The van der Waals surface area contributed by atoms with Gasteiger partial charge in [-0.05, 0) is 12.5 Å². The quantitative estimate of drug-likeness (QED) is 0.804. The zero-order valence-corrected chi connectivity index (χ0v) is 8.19. The van der Waals surface area contributed by atoms with Crippen LogP contribution in [0.2, 0.25) is 0 Å². The van der Waals surface area contributed by atoms with Gasteiger partial charge in [0.25, 0.3) is 0 Å². The van der Waals surface area contributed by atoms with Gasteiger partial charge in [0.2, 0.25) is 0 Å². The molecule has 0 saturated carbocycles. The highest BCUT2D eigenvalue weighted by Gasteiger charge is 2.28. The van der Waals surface area contributed by atoms with E-state index in [-0.39, 0.29) is 5.56 Å². The maximum Gasteiger partial charge on any atom is 0.389 e. The molecule has 1 aromatic carbocycles. The Hall–Kier alpha value is -1.17. The van der Waals surface area contributed by atoms with E-state index in [1.54, 1.807) is 0 Å². The minimum Gasteiger partial charge on any atom is -0.324 e. The van der Waals surface area contributed by atoms with Crippen LogP contribution in [0.15, 0.2) is 18.2 Å². The molecule has 0 aliphatic carbocycles. The van der Waals surface area contributed by atoms with E-state index in [4.69, 9.17) is 5.73 Å². The summed E-state index contributed by atoms with van der Waals surface area (Å²) < 4.78 is 61.6. The predicted molar refractivity (Wildman–Crippen MR) is 48.6 cm³/mol. The van der Waals surface area contributed by atoms with E-state index < -0.39 is 36.7 Å². The Labute approximate surface area is 89.1 Å². The zero-order chi connectivity index (χ0) is 12.3. The van der Waals surface area contributed by atoms with Crippen LogP contribution in [0.25, 0.3) is 0 Å². The van der Waals surface area contributed by atoms with Gasteiger partial charge in [-0.3, -0.25) is 0 Å². The molecule has 1 rings (SSSR count). The minimum absolute atomic E-state index is 0.232. The van der Waals surface area contributed by atoms with E-state index in [9.17, 15) is 22.0 Å². The van der Waals surface area contributed by atoms with Crippen molar-refractivity contribution < 1.29 is 22.0 Å². The van der Waals surface area contributed by atoms with E-state index in [1.807, 2.05) is 0 Å². The number of rotatable bonds is 3. The van der Waals surface area contributed by atoms with Gasteiger partial charge in [-0.15, -0.1) is 0 Å². The van der Waals surface area contributed by atoms with Gasteiger partial charge in [-0.1, -0.05) is 12.1 Å². The molecule has 1 atom stereocenters. The maximum absolute atomic E-state index is 13.1. The molecule has 0 saturated heterocycles. The van der Waals surface area contributed by atoms with E-state index >= 15 is 0 Å². The lowest BCUT2D eigenvalue weighted by atomic mass is 10.0. The average molecular weight is 239 g/mol. The molecule has 0 fully saturated rings. The van der Waals surface area contributed by atoms with Crippen molar-refractivity contribution >= 4 is 0 Å². The smallest absolute Gasteiger partial charge is 0.324 e. The molecule has 1 nitrogen and oxygen atoms in total. The molecule has 0 aromatic heterocycles. The Balaban J connectivity index is 2.73. The normalized spacial score (nSPS) is 13.9. The highest BCUT2D eigenvalue weighted by molar-refractivity contribution is 5.22. The molecule has 2 N–H and O–H groups in total. The summed E-state index contributed by atoms with van der Waals surface area (Å²) in [6, 6.07) is 2.12. The molecule has 0 radical (unpaired) electrons. The predicted octanol–water partition coefficient (Wildman–Crippen LogP) is 3.31. The Morgan fingerprint density at radius 2 is 1.81 bits per heavy atom. The van der Waals surface area contributed by atoms with Crippen molar-refractivity contribution in [1.82, 2.24) is 0 Å². The van der Waals surface area contributed by atoms with Crippen LogP contribution < -0.4 is 5.73 Å². The van der Waals surface area contributed by atoms with Gasteiger partial charge < -0.3 is 5.73 Å². The summed E-state index contributed by atoms with van der Waals surface area (Å²) in [6.45, 7) is 0. The lowest BCUT2D eigenvalue weighted by Crippen LogP contribution is -2.17. The highest BCUT2D eigenvalue weighted by Crippen LogP contribution is 2.27. The van der Waals surface area contributed by atoms with Gasteiger partial charge in [-0.25, -0.2) is 8.78 Å². The first kappa shape index (κ1) is 12.9. The SMILES string of the molecule is N[C@H](CCC(F)(F)F)c1cccc(F)c1F. The monoisotopic (exact) mass is 239 g/mol. The number of hydrogen-bond donors (Lipinski definition) is 1. The first-order valence-corrected chi connectivity index (χ1v) is 4.57. The van der Waals surface area contributed by atoms with Crippen molar-refractivity contribution in [3.05, 3.63) is 35.4 Å². The van der Waals surface area contributed by atoms with Crippen molar-refractivity contribution in [1.29, 1.82) is 0 Å². The largest absolute Gasteiger partial charge is 0.389 e. The Morgan fingerprint density at radius 1 is 1.19 bits per heavy atom. The number of hydrogen-bond acceptors (Lipinski definition) is 1. The second-order valence-electron chi connectivity index (χ2n) is 3.40. The van der Waals surface area contributed by atoms with Gasteiger partial charge in [0.1, 0.15) is 0 Å². The standard InChI is InChI=1S/C10H10F5N/c11-7-3-1-2-6(9(7)12)8(16)4-5-10(13,14)15/h1-3,8H,4-5,16H2/t8-/m1/s1. The van der Waals surface area contributed by atoms with E-state index in [0.29, 0.717) is 0 Å². The Kier molecular flexibility index (Phi) is 3.85. The third-order valence-corrected chi connectivity index (χ3v) is 2.12. The molecule has 6 heteroatoms. The molecule has 0 aliphatic rings. The first-order chi connectivity index (χ1) is 7.31. The molecule has 0 heterocycles. The average Bonchev–Trinajstić information content (AvgIpc) is 2.17. The molecule has 1 aromatic rings. The molecule has 16 heavy (non-hydrogen) atoms. The maximum atomic E-state index is 13.1. The Bertz CT molecular complexity index is 361.